The van der Waals surface area contributed by atoms with Crippen LogP contribution in [-0.2, 0) is 6.42 Å². The Morgan fingerprint density at radius 1 is 1.17 bits per heavy atom. The number of halogens is 2. The highest BCUT2D eigenvalue weighted by atomic mass is 19.1. The molecule has 30 heavy (non-hydrogen) atoms. The number of allylic oxidation sites excluding steroid dienone is 1. The Balaban J connectivity index is 1.89. The van der Waals surface area contributed by atoms with Gasteiger partial charge in [0.2, 0.25) is 0 Å². The Kier molecular flexibility index (Phi) is 7.06. The zero-order valence-electron chi connectivity index (χ0n) is 17.6. The van der Waals surface area contributed by atoms with E-state index in [2.05, 4.69) is 28.8 Å². The second-order valence-electron chi connectivity index (χ2n) is 7.56. The molecule has 0 bridgehead atoms. The first kappa shape index (κ1) is 21.8. The fourth-order valence-electron chi connectivity index (χ4n) is 3.72. The standard InChI is InChI=1S/C25H29F2N3/c1-5-20(14-15-28-4)29-16(2)6-11-22-21-12-13-23(27)17(3)24(21)30-25(22)18-7-9-19(26)10-8-18/h5,7-10,12-13,20,28-30H,1-2,6,11,14-15H2,3-4H3. The molecule has 158 valence electrons. The predicted octanol–water partition coefficient (Wildman–Crippen LogP) is 5.62. The van der Waals surface area contributed by atoms with Gasteiger partial charge in [-0.3, -0.25) is 0 Å². The minimum absolute atomic E-state index is 0.154. The van der Waals surface area contributed by atoms with Gasteiger partial charge in [0.15, 0.2) is 0 Å². The fraction of sp³-hybridized carbons (Fsp3) is 0.280. The molecule has 3 aromatic rings. The van der Waals surface area contributed by atoms with E-state index >= 15 is 0 Å². The Hall–Kier alpha value is -2.92. The van der Waals surface area contributed by atoms with Gasteiger partial charge in [0.05, 0.1) is 5.52 Å². The van der Waals surface area contributed by atoms with E-state index in [1.807, 2.05) is 19.2 Å². The van der Waals surface area contributed by atoms with Crippen LogP contribution in [0.4, 0.5) is 8.78 Å². The Bertz CT molecular complexity index is 1030. The van der Waals surface area contributed by atoms with E-state index < -0.39 is 0 Å². The third-order valence-electron chi connectivity index (χ3n) is 5.46. The molecule has 0 aliphatic heterocycles. The summed E-state index contributed by atoms with van der Waals surface area (Å²) >= 11 is 0. The van der Waals surface area contributed by atoms with E-state index in [1.165, 1.54) is 18.2 Å². The summed E-state index contributed by atoms with van der Waals surface area (Å²) in [6, 6.07) is 9.83. The molecule has 1 atom stereocenters. The van der Waals surface area contributed by atoms with Crippen LogP contribution in [0.2, 0.25) is 0 Å². The molecule has 1 aromatic heterocycles. The molecule has 0 spiro atoms. The Morgan fingerprint density at radius 3 is 2.57 bits per heavy atom. The van der Waals surface area contributed by atoms with Gasteiger partial charge in [-0.05, 0) is 87.3 Å². The molecule has 0 saturated carbocycles. The van der Waals surface area contributed by atoms with Crippen LogP contribution >= 0.6 is 0 Å². The number of hydrogen-bond acceptors (Lipinski definition) is 2. The summed E-state index contributed by atoms with van der Waals surface area (Å²) in [5.41, 5.74) is 5.13. The summed E-state index contributed by atoms with van der Waals surface area (Å²) in [6.07, 6.45) is 4.26. The smallest absolute Gasteiger partial charge is 0.128 e. The van der Waals surface area contributed by atoms with Crippen LogP contribution in [0.5, 0.6) is 0 Å². The number of benzene rings is 2. The lowest BCUT2D eigenvalue weighted by molar-refractivity contribution is 0.580. The van der Waals surface area contributed by atoms with Gasteiger partial charge in [0.25, 0.3) is 0 Å². The number of hydrogen-bond donors (Lipinski definition) is 3. The molecule has 0 fully saturated rings. The number of rotatable bonds is 10. The van der Waals surface area contributed by atoms with Crippen LogP contribution in [0.25, 0.3) is 22.2 Å². The highest BCUT2D eigenvalue weighted by molar-refractivity contribution is 5.92. The molecule has 0 radical (unpaired) electrons. The minimum Gasteiger partial charge on any atom is -0.383 e. The van der Waals surface area contributed by atoms with Gasteiger partial charge < -0.3 is 15.6 Å². The monoisotopic (exact) mass is 409 g/mol. The molecule has 0 aliphatic rings. The van der Waals surface area contributed by atoms with Gasteiger partial charge in [-0.1, -0.05) is 12.7 Å². The third-order valence-corrected chi connectivity index (χ3v) is 5.46. The number of H-pyrrole nitrogens is 1. The molecular weight excluding hydrogens is 380 g/mol. The lowest BCUT2D eigenvalue weighted by atomic mass is 9.99. The van der Waals surface area contributed by atoms with E-state index in [9.17, 15) is 8.78 Å². The van der Waals surface area contributed by atoms with Crippen LogP contribution in [0.3, 0.4) is 0 Å². The van der Waals surface area contributed by atoms with Gasteiger partial charge in [-0.25, -0.2) is 8.78 Å². The molecule has 1 unspecified atom stereocenters. The molecule has 2 aromatic carbocycles. The normalized spacial score (nSPS) is 12.1. The maximum absolute atomic E-state index is 14.1. The van der Waals surface area contributed by atoms with Crippen LogP contribution in [0, 0.1) is 18.6 Å². The number of nitrogens with one attached hydrogen (secondary N) is 3. The van der Waals surface area contributed by atoms with E-state index in [0.717, 1.165) is 59.2 Å². The first-order chi connectivity index (χ1) is 14.4. The van der Waals surface area contributed by atoms with Gasteiger partial charge in [-0.2, -0.15) is 0 Å². The second kappa shape index (κ2) is 9.72. The summed E-state index contributed by atoms with van der Waals surface area (Å²) in [6.45, 7) is 10.7. The van der Waals surface area contributed by atoms with Crippen LogP contribution < -0.4 is 10.6 Å². The number of aromatic amines is 1. The first-order valence-electron chi connectivity index (χ1n) is 10.2. The van der Waals surface area contributed by atoms with Gasteiger partial charge in [0, 0.05) is 28.4 Å². The van der Waals surface area contributed by atoms with Crippen molar-refractivity contribution >= 4 is 10.9 Å². The molecule has 0 saturated heterocycles. The van der Waals surface area contributed by atoms with Crippen molar-refractivity contribution in [2.24, 2.45) is 0 Å². The van der Waals surface area contributed by atoms with Gasteiger partial charge in [-0.15, -0.1) is 6.58 Å². The van der Waals surface area contributed by atoms with Crippen molar-refractivity contribution in [1.82, 2.24) is 15.6 Å². The summed E-state index contributed by atoms with van der Waals surface area (Å²) in [5, 5.41) is 7.55. The molecular formula is C25H29F2N3. The maximum Gasteiger partial charge on any atom is 0.128 e. The summed E-state index contributed by atoms with van der Waals surface area (Å²) in [4.78, 5) is 3.38. The molecule has 0 amide bonds. The zero-order valence-corrected chi connectivity index (χ0v) is 17.6. The third kappa shape index (κ3) is 4.79. The van der Waals surface area contributed by atoms with Crippen molar-refractivity contribution in [3.8, 4) is 11.3 Å². The van der Waals surface area contributed by atoms with E-state index in [-0.39, 0.29) is 17.7 Å². The van der Waals surface area contributed by atoms with Crippen molar-refractivity contribution in [2.45, 2.75) is 32.2 Å². The number of fused-ring (bicyclic) bond motifs is 1. The minimum atomic E-state index is -0.284. The van der Waals surface area contributed by atoms with E-state index in [4.69, 9.17) is 0 Å². The summed E-state index contributed by atoms with van der Waals surface area (Å²) in [7, 11) is 1.92. The maximum atomic E-state index is 14.1. The molecule has 5 heteroatoms. The topological polar surface area (TPSA) is 39.8 Å². The number of aryl methyl sites for hydroxylation is 2. The van der Waals surface area contributed by atoms with Crippen LogP contribution in [-0.4, -0.2) is 24.6 Å². The first-order valence-corrected chi connectivity index (χ1v) is 10.2. The Labute approximate surface area is 176 Å². The predicted molar refractivity (Wildman–Crippen MR) is 122 cm³/mol. The molecule has 3 nitrogen and oxygen atoms in total. The van der Waals surface area contributed by atoms with E-state index in [0.29, 0.717) is 5.56 Å². The number of aromatic nitrogens is 1. The molecule has 0 aliphatic carbocycles. The van der Waals surface area contributed by atoms with Crippen LogP contribution in [0.15, 0.2) is 61.3 Å². The second-order valence-corrected chi connectivity index (χ2v) is 7.56. The quantitative estimate of drug-likeness (QED) is 0.380. The highest BCUT2D eigenvalue weighted by Crippen LogP contribution is 2.34. The van der Waals surface area contributed by atoms with Crippen molar-refractivity contribution in [3.05, 3.63) is 84.1 Å². The summed E-state index contributed by atoms with van der Waals surface area (Å²) in [5.74, 6) is -0.529. The fourth-order valence-corrected chi connectivity index (χ4v) is 3.72. The SMILES string of the molecule is C=CC(CCNC)NC(=C)CCc1c(-c2ccc(F)cc2)[nH]c2c(C)c(F)ccc12. The zero-order chi connectivity index (χ0) is 21.7. The lowest BCUT2D eigenvalue weighted by Crippen LogP contribution is -2.29. The molecule has 3 rings (SSSR count). The van der Waals surface area contributed by atoms with Crippen LogP contribution in [0.1, 0.15) is 24.0 Å². The highest BCUT2D eigenvalue weighted by Gasteiger charge is 2.17. The Morgan fingerprint density at radius 2 is 1.90 bits per heavy atom. The largest absolute Gasteiger partial charge is 0.383 e. The lowest BCUT2D eigenvalue weighted by Gasteiger charge is -2.18. The van der Waals surface area contributed by atoms with Gasteiger partial charge >= 0.3 is 0 Å². The summed E-state index contributed by atoms with van der Waals surface area (Å²) < 4.78 is 27.6. The molecule has 3 N–H and O–H groups in total. The van der Waals surface area contributed by atoms with E-state index in [1.54, 1.807) is 19.1 Å². The van der Waals surface area contributed by atoms with Crippen molar-refractivity contribution in [1.29, 1.82) is 0 Å². The van der Waals surface area contributed by atoms with Crippen molar-refractivity contribution in [3.63, 3.8) is 0 Å². The van der Waals surface area contributed by atoms with Gasteiger partial charge in [0.1, 0.15) is 11.6 Å². The van der Waals surface area contributed by atoms with Crippen molar-refractivity contribution in [2.75, 3.05) is 13.6 Å². The average molecular weight is 410 g/mol. The molecule has 1 heterocycles. The van der Waals surface area contributed by atoms with Crippen molar-refractivity contribution < 1.29 is 8.78 Å². The average Bonchev–Trinajstić information content (AvgIpc) is 3.12.